The number of hydrogen-bond donors (Lipinski definition) is 1. The van der Waals surface area contributed by atoms with Crippen molar-refractivity contribution in [2.45, 2.75) is 51.3 Å². The molecule has 0 aliphatic carbocycles. The number of alkyl halides is 3. The van der Waals surface area contributed by atoms with Crippen molar-refractivity contribution in [2.24, 2.45) is 0 Å². The van der Waals surface area contributed by atoms with Gasteiger partial charge in [0.1, 0.15) is 6.10 Å². The Morgan fingerprint density at radius 2 is 1.80 bits per heavy atom. The molecule has 0 unspecified atom stereocenters. The highest BCUT2D eigenvalue weighted by Gasteiger charge is 2.30. The van der Waals surface area contributed by atoms with Crippen LogP contribution in [0.2, 0.25) is 0 Å². The van der Waals surface area contributed by atoms with Gasteiger partial charge in [-0.3, -0.25) is 4.79 Å². The summed E-state index contributed by atoms with van der Waals surface area (Å²) in [7, 11) is 1.52. The van der Waals surface area contributed by atoms with Gasteiger partial charge in [0.05, 0.1) is 24.1 Å². The summed E-state index contributed by atoms with van der Waals surface area (Å²) < 4.78 is 50.5. The highest BCUT2D eigenvalue weighted by Crippen LogP contribution is 2.35. The molecule has 3 aromatic rings. The first-order chi connectivity index (χ1) is 16.7. The van der Waals surface area contributed by atoms with Gasteiger partial charge in [0.15, 0.2) is 11.5 Å². The van der Waals surface area contributed by atoms with Crippen molar-refractivity contribution < 1.29 is 32.5 Å². The van der Waals surface area contributed by atoms with Crippen LogP contribution in [0, 0.1) is 0 Å². The van der Waals surface area contributed by atoms with Crippen molar-refractivity contribution in [3.63, 3.8) is 0 Å². The van der Waals surface area contributed by atoms with E-state index in [1.54, 1.807) is 18.2 Å². The third-order valence-electron chi connectivity index (χ3n) is 5.55. The fourth-order valence-electron chi connectivity index (χ4n) is 3.65. The van der Waals surface area contributed by atoms with E-state index in [2.05, 4.69) is 6.92 Å². The van der Waals surface area contributed by atoms with Gasteiger partial charge in [-0.15, -0.1) is 0 Å². The maximum atomic E-state index is 12.9. The number of nitrogens with zero attached hydrogens (tertiary/aromatic N) is 1. The third-order valence-corrected chi connectivity index (χ3v) is 5.55. The van der Waals surface area contributed by atoms with Crippen molar-refractivity contribution in [1.29, 1.82) is 0 Å². The molecule has 5 nitrogen and oxygen atoms in total. The maximum absolute atomic E-state index is 12.9. The first-order valence-electron chi connectivity index (χ1n) is 11.4. The van der Waals surface area contributed by atoms with Crippen LogP contribution in [0.3, 0.4) is 0 Å². The summed E-state index contributed by atoms with van der Waals surface area (Å²) in [5.74, 6) is 0.130. The molecule has 1 aromatic heterocycles. The number of halogens is 3. The number of pyridine rings is 1. The molecule has 0 aliphatic heterocycles. The number of aryl methyl sites for hydroxylation is 1. The Bertz CT molecular complexity index is 1130. The van der Waals surface area contributed by atoms with E-state index in [9.17, 15) is 18.0 Å². The number of ether oxygens (including phenoxy) is 2. The van der Waals surface area contributed by atoms with Crippen molar-refractivity contribution in [2.75, 3.05) is 7.11 Å². The van der Waals surface area contributed by atoms with Crippen LogP contribution in [0.1, 0.15) is 55.5 Å². The van der Waals surface area contributed by atoms with E-state index in [0.717, 1.165) is 30.5 Å². The van der Waals surface area contributed by atoms with Crippen LogP contribution in [-0.4, -0.2) is 23.2 Å². The van der Waals surface area contributed by atoms with Gasteiger partial charge in [0, 0.05) is 12.0 Å². The Morgan fingerprint density at radius 1 is 1.06 bits per heavy atom. The molecule has 0 radical (unpaired) electrons. The highest BCUT2D eigenvalue weighted by atomic mass is 19.4. The lowest BCUT2D eigenvalue weighted by Crippen LogP contribution is -2.11. The standard InChI is InChI=1S/C27H28F3NO4/c1-3-4-8-23(35-24-15-9-18(10-16-26(32)33)17-25(24)34-2)22-7-5-6-21(31-22)19-11-13-20(14-12-19)27(28,29)30/h5-7,9,11-15,17,23H,3-4,8,10,16H2,1-2H3,(H,32,33)/t23-/m0/s1. The van der Waals surface area contributed by atoms with Crippen LogP contribution >= 0.6 is 0 Å². The molecule has 35 heavy (non-hydrogen) atoms. The molecule has 0 saturated heterocycles. The lowest BCUT2D eigenvalue weighted by Gasteiger charge is -2.21. The molecule has 3 rings (SSSR count). The first kappa shape index (κ1) is 26.1. The SMILES string of the molecule is CCCC[C@H](Oc1ccc(CCC(=O)O)cc1OC)c1cccc(-c2ccc(C(F)(F)F)cc2)n1. The Kier molecular flexibility index (Phi) is 8.73. The van der Waals surface area contributed by atoms with Gasteiger partial charge in [-0.2, -0.15) is 13.2 Å². The second-order valence-corrected chi connectivity index (χ2v) is 8.15. The largest absolute Gasteiger partial charge is 0.493 e. The fraction of sp³-hybridized carbons (Fsp3) is 0.333. The molecule has 8 heteroatoms. The number of aromatic nitrogens is 1. The number of methoxy groups -OCH3 is 1. The molecule has 0 fully saturated rings. The van der Waals surface area contributed by atoms with Gasteiger partial charge in [-0.1, -0.05) is 37.6 Å². The molecular weight excluding hydrogens is 459 g/mol. The summed E-state index contributed by atoms with van der Waals surface area (Å²) in [5, 5.41) is 8.92. The van der Waals surface area contributed by atoms with Gasteiger partial charge < -0.3 is 14.6 Å². The Hall–Kier alpha value is -3.55. The number of carboxylic acid groups (broad SMARTS) is 1. The van der Waals surface area contributed by atoms with Crippen LogP contribution in [0.5, 0.6) is 11.5 Å². The minimum atomic E-state index is -4.39. The van der Waals surface area contributed by atoms with E-state index in [1.165, 1.54) is 19.2 Å². The molecule has 0 amide bonds. The number of carbonyl (C=O) groups is 1. The lowest BCUT2D eigenvalue weighted by atomic mass is 10.0. The quantitative estimate of drug-likeness (QED) is 0.312. The number of aliphatic carboxylic acids is 1. The van der Waals surface area contributed by atoms with Crippen LogP contribution in [0.4, 0.5) is 13.2 Å². The number of carboxylic acids is 1. The number of unbranched alkanes of at least 4 members (excludes halogenated alkanes) is 1. The average Bonchev–Trinajstić information content (AvgIpc) is 2.85. The van der Waals surface area contributed by atoms with Crippen molar-refractivity contribution in [3.8, 4) is 22.8 Å². The molecule has 0 spiro atoms. The summed E-state index contributed by atoms with van der Waals surface area (Å²) >= 11 is 0. The maximum Gasteiger partial charge on any atom is 0.416 e. The van der Waals surface area contributed by atoms with Gasteiger partial charge in [0.25, 0.3) is 0 Å². The molecule has 0 aliphatic rings. The van der Waals surface area contributed by atoms with Crippen molar-refractivity contribution in [3.05, 3.63) is 77.5 Å². The third kappa shape index (κ3) is 7.21. The minimum Gasteiger partial charge on any atom is -0.493 e. The predicted molar refractivity (Wildman–Crippen MR) is 127 cm³/mol. The zero-order valence-electron chi connectivity index (χ0n) is 19.6. The van der Waals surface area contributed by atoms with Crippen LogP contribution in [0.15, 0.2) is 60.7 Å². The zero-order chi connectivity index (χ0) is 25.4. The van der Waals surface area contributed by atoms with E-state index < -0.39 is 23.8 Å². The number of hydrogen-bond acceptors (Lipinski definition) is 4. The summed E-state index contributed by atoms with van der Waals surface area (Å²) in [6.45, 7) is 2.07. The second-order valence-electron chi connectivity index (χ2n) is 8.15. The van der Waals surface area contributed by atoms with Crippen LogP contribution in [-0.2, 0) is 17.4 Å². The van der Waals surface area contributed by atoms with E-state index in [-0.39, 0.29) is 6.42 Å². The normalized spacial score (nSPS) is 12.3. The first-order valence-corrected chi connectivity index (χ1v) is 11.4. The number of rotatable bonds is 11. The topological polar surface area (TPSA) is 68.7 Å². The number of benzene rings is 2. The summed E-state index contributed by atoms with van der Waals surface area (Å²) in [4.78, 5) is 15.6. The van der Waals surface area contributed by atoms with Crippen molar-refractivity contribution in [1.82, 2.24) is 4.98 Å². The molecule has 1 heterocycles. The van der Waals surface area contributed by atoms with Gasteiger partial charge in [-0.25, -0.2) is 4.98 Å². The molecule has 186 valence electrons. The molecule has 1 atom stereocenters. The lowest BCUT2D eigenvalue weighted by molar-refractivity contribution is -0.138. The molecule has 0 saturated carbocycles. The zero-order valence-corrected chi connectivity index (χ0v) is 19.6. The van der Waals surface area contributed by atoms with E-state index in [1.807, 2.05) is 18.2 Å². The average molecular weight is 488 g/mol. The highest BCUT2D eigenvalue weighted by molar-refractivity contribution is 5.67. The predicted octanol–water partition coefficient (Wildman–Crippen LogP) is 7.10. The summed E-state index contributed by atoms with van der Waals surface area (Å²) in [6, 6.07) is 15.6. The molecule has 0 bridgehead atoms. The second kappa shape index (κ2) is 11.7. The molecule has 2 aromatic carbocycles. The Labute approximate surface area is 202 Å². The summed E-state index contributed by atoms with van der Waals surface area (Å²) in [5.41, 5.74) is 1.91. The minimum absolute atomic E-state index is 0.0170. The Balaban J connectivity index is 1.87. The fourth-order valence-corrected chi connectivity index (χ4v) is 3.65. The van der Waals surface area contributed by atoms with E-state index in [4.69, 9.17) is 19.6 Å². The van der Waals surface area contributed by atoms with Gasteiger partial charge in [-0.05, 0) is 61.2 Å². The molecular formula is C27H28F3NO4. The monoisotopic (exact) mass is 487 g/mol. The van der Waals surface area contributed by atoms with Crippen molar-refractivity contribution >= 4 is 5.97 Å². The van der Waals surface area contributed by atoms with Gasteiger partial charge in [0.2, 0.25) is 0 Å². The van der Waals surface area contributed by atoms with Gasteiger partial charge >= 0.3 is 12.1 Å². The van der Waals surface area contributed by atoms with Crippen LogP contribution < -0.4 is 9.47 Å². The smallest absolute Gasteiger partial charge is 0.416 e. The van der Waals surface area contributed by atoms with E-state index >= 15 is 0 Å². The van der Waals surface area contributed by atoms with E-state index in [0.29, 0.717) is 41.3 Å². The van der Waals surface area contributed by atoms with Crippen LogP contribution in [0.25, 0.3) is 11.3 Å². The summed E-state index contributed by atoms with van der Waals surface area (Å²) in [6.07, 6.45) is -1.88. The Morgan fingerprint density at radius 3 is 2.43 bits per heavy atom. The molecule has 1 N–H and O–H groups in total.